The topological polar surface area (TPSA) is 96.2 Å². The van der Waals surface area contributed by atoms with E-state index in [1.165, 1.54) is 0 Å². The summed E-state index contributed by atoms with van der Waals surface area (Å²) in [6, 6.07) is 9.47. The number of hydrogen-bond acceptors (Lipinski definition) is 5. The number of fused-ring (bicyclic) bond motifs is 1. The molecule has 1 heterocycles. The van der Waals surface area contributed by atoms with Crippen LogP contribution in [0.3, 0.4) is 0 Å². The minimum absolute atomic E-state index is 0.154. The fraction of sp³-hybridized carbons (Fsp3) is 0.125. The number of para-hydroxylation sites is 2. The van der Waals surface area contributed by atoms with Gasteiger partial charge in [-0.3, -0.25) is 15.5 Å². The molecule has 0 unspecified atom stereocenters. The number of imidazole rings is 1. The molecule has 0 fully saturated rings. The molecule has 7 nitrogen and oxygen atoms in total. The normalized spacial score (nSPS) is 12.4. The number of anilines is 1. The highest BCUT2D eigenvalue weighted by Gasteiger charge is 2.33. The third-order valence-corrected chi connectivity index (χ3v) is 3.60. The number of alkyl halides is 3. The van der Waals surface area contributed by atoms with Gasteiger partial charge in [0.05, 0.1) is 21.5 Å². The van der Waals surface area contributed by atoms with Crippen molar-refractivity contribution < 1.29 is 18.1 Å². The third-order valence-electron chi connectivity index (χ3n) is 3.60. The highest BCUT2D eigenvalue weighted by Crippen LogP contribution is 2.35. The molecule has 0 aliphatic heterocycles. The average molecular weight is 363 g/mol. The summed E-state index contributed by atoms with van der Waals surface area (Å²) < 4.78 is 38.2. The summed E-state index contributed by atoms with van der Waals surface area (Å²) in [4.78, 5) is 17.5. The van der Waals surface area contributed by atoms with Crippen molar-refractivity contribution >= 4 is 28.1 Å². The van der Waals surface area contributed by atoms with Gasteiger partial charge in [-0.15, -0.1) is 0 Å². The second-order valence-corrected chi connectivity index (χ2v) is 5.40. The van der Waals surface area contributed by atoms with Crippen molar-refractivity contribution in [3.05, 3.63) is 64.0 Å². The van der Waals surface area contributed by atoms with Crippen LogP contribution in [0.5, 0.6) is 0 Å². The van der Waals surface area contributed by atoms with Crippen LogP contribution >= 0.6 is 0 Å². The van der Waals surface area contributed by atoms with Gasteiger partial charge in [-0.2, -0.15) is 18.3 Å². The van der Waals surface area contributed by atoms with Crippen molar-refractivity contribution in [1.82, 2.24) is 9.97 Å². The lowest BCUT2D eigenvalue weighted by molar-refractivity contribution is -0.384. The summed E-state index contributed by atoms with van der Waals surface area (Å²) in [6.07, 6.45) is -4.67. The Morgan fingerprint density at radius 3 is 2.65 bits per heavy atom. The molecular weight excluding hydrogens is 351 g/mol. The maximum Gasteiger partial charge on any atom is 0.416 e. The number of nitro benzene ring substituents is 1. The zero-order valence-electron chi connectivity index (χ0n) is 13.3. The Bertz CT molecular complexity index is 978. The van der Waals surface area contributed by atoms with Gasteiger partial charge in [0.25, 0.3) is 5.69 Å². The zero-order valence-corrected chi connectivity index (χ0v) is 13.3. The molecule has 134 valence electrons. The van der Waals surface area contributed by atoms with Gasteiger partial charge in [0.15, 0.2) is 5.82 Å². The highest BCUT2D eigenvalue weighted by molar-refractivity contribution is 5.98. The lowest BCUT2D eigenvalue weighted by atomic mass is 10.1. The highest BCUT2D eigenvalue weighted by atomic mass is 19.4. The lowest BCUT2D eigenvalue weighted by Crippen LogP contribution is -2.07. The molecule has 0 saturated heterocycles. The summed E-state index contributed by atoms with van der Waals surface area (Å²) >= 11 is 0. The predicted molar refractivity (Wildman–Crippen MR) is 90.0 cm³/mol. The number of rotatable bonds is 4. The standard InChI is InChI=1S/C16H12F3N5O2/c1-9(15-20-11-4-2-3-5-12(11)21-15)22-23-13-7-6-10(16(17,18)19)8-14(13)24(25)26/h2-8,23H,1H3,(H,20,21). The lowest BCUT2D eigenvalue weighted by Gasteiger charge is -2.08. The van der Waals surface area contributed by atoms with Crippen molar-refractivity contribution in [2.24, 2.45) is 5.10 Å². The second-order valence-electron chi connectivity index (χ2n) is 5.40. The first-order valence-electron chi connectivity index (χ1n) is 7.37. The first-order valence-corrected chi connectivity index (χ1v) is 7.37. The van der Waals surface area contributed by atoms with Gasteiger partial charge in [-0.05, 0) is 31.2 Å². The van der Waals surface area contributed by atoms with Gasteiger partial charge in [0.2, 0.25) is 0 Å². The van der Waals surface area contributed by atoms with Crippen LogP contribution in [0.25, 0.3) is 11.0 Å². The van der Waals surface area contributed by atoms with Gasteiger partial charge in [-0.25, -0.2) is 4.98 Å². The molecule has 0 bridgehead atoms. The predicted octanol–water partition coefficient (Wildman–Crippen LogP) is 4.33. The monoisotopic (exact) mass is 363 g/mol. The molecule has 3 rings (SSSR count). The first-order chi connectivity index (χ1) is 12.3. The van der Waals surface area contributed by atoms with Gasteiger partial charge in [0.1, 0.15) is 11.4 Å². The number of aromatic amines is 1. The summed E-state index contributed by atoms with van der Waals surface area (Å²) in [5.74, 6) is 0.438. The van der Waals surface area contributed by atoms with E-state index in [-0.39, 0.29) is 5.69 Å². The van der Waals surface area contributed by atoms with Crippen molar-refractivity contribution in [3.8, 4) is 0 Å². The van der Waals surface area contributed by atoms with Crippen molar-refractivity contribution in [3.63, 3.8) is 0 Å². The smallest absolute Gasteiger partial charge is 0.337 e. The van der Waals surface area contributed by atoms with Crippen molar-refractivity contribution in [2.45, 2.75) is 13.1 Å². The molecule has 0 aliphatic carbocycles. The Balaban J connectivity index is 1.90. The fourth-order valence-corrected chi connectivity index (χ4v) is 2.27. The van der Waals surface area contributed by atoms with Gasteiger partial charge >= 0.3 is 6.18 Å². The van der Waals surface area contributed by atoms with E-state index in [2.05, 4.69) is 20.5 Å². The van der Waals surface area contributed by atoms with Gasteiger partial charge in [-0.1, -0.05) is 12.1 Å². The number of hydrazone groups is 1. The quantitative estimate of drug-likeness (QED) is 0.410. The van der Waals surface area contributed by atoms with Crippen LogP contribution in [0.1, 0.15) is 18.3 Å². The molecule has 0 atom stereocenters. The van der Waals surface area contributed by atoms with E-state index in [0.29, 0.717) is 17.6 Å². The van der Waals surface area contributed by atoms with Crippen LogP contribution < -0.4 is 5.43 Å². The summed E-state index contributed by atoms with van der Waals surface area (Å²) in [6.45, 7) is 1.61. The Morgan fingerprint density at radius 1 is 1.27 bits per heavy atom. The van der Waals surface area contributed by atoms with E-state index in [1.807, 2.05) is 18.2 Å². The van der Waals surface area contributed by atoms with E-state index in [4.69, 9.17) is 0 Å². The number of halogens is 3. The van der Waals surface area contributed by atoms with Gasteiger partial charge < -0.3 is 4.98 Å². The van der Waals surface area contributed by atoms with E-state index in [9.17, 15) is 23.3 Å². The molecule has 10 heteroatoms. The van der Waals surface area contributed by atoms with Crippen LogP contribution in [0.15, 0.2) is 47.6 Å². The molecule has 0 amide bonds. The Kier molecular flexibility index (Phi) is 4.33. The Morgan fingerprint density at radius 2 is 2.00 bits per heavy atom. The van der Waals surface area contributed by atoms with Crippen LogP contribution in [0, 0.1) is 10.1 Å². The third kappa shape index (κ3) is 3.48. The summed E-state index contributed by atoms with van der Waals surface area (Å²) in [5, 5.41) is 15.0. The molecule has 0 radical (unpaired) electrons. The Hall–Kier alpha value is -3.43. The molecule has 1 aromatic heterocycles. The van der Waals surface area contributed by atoms with Crippen molar-refractivity contribution in [1.29, 1.82) is 0 Å². The van der Waals surface area contributed by atoms with Crippen LogP contribution in [-0.2, 0) is 6.18 Å². The second kappa shape index (κ2) is 6.47. The maximum absolute atomic E-state index is 12.7. The minimum Gasteiger partial charge on any atom is -0.337 e. The van der Waals surface area contributed by atoms with Gasteiger partial charge in [0, 0.05) is 6.07 Å². The molecule has 3 aromatic rings. The minimum atomic E-state index is -4.67. The summed E-state index contributed by atoms with van der Waals surface area (Å²) in [7, 11) is 0. The molecular formula is C16H12F3N5O2. The van der Waals surface area contributed by atoms with E-state index >= 15 is 0 Å². The molecule has 0 spiro atoms. The molecule has 0 saturated carbocycles. The molecule has 2 aromatic carbocycles. The number of benzene rings is 2. The number of hydrogen-bond donors (Lipinski definition) is 2. The largest absolute Gasteiger partial charge is 0.416 e. The average Bonchev–Trinajstić information content (AvgIpc) is 3.02. The van der Waals surface area contributed by atoms with Crippen LogP contribution in [0.4, 0.5) is 24.5 Å². The number of aromatic nitrogens is 2. The molecule has 0 aliphatic rings. The van der Waals surface area contributed by atoms with E-state index < -0.39 is 22.4 Å². The van der Waals surface area contributed by atoms with Crippen LogP contribution in [0.2, 0.25) is 0 Å². The number of H-pyrrole nitrogens is 1. The van der Waals surface area contributed by atoms with Crippen molar-refractivity contribution in [2.75, 3.05) is 5.43 Å². The maximum atomic E-state index is 12.7. The molecule has 26 heavy (non-hydrogen) atoms. The fourth-order valence-electron chi connectivity index (χ4n) is 2.27. The van der Waals surface area contributed by atoms with E-state index in [0.717, 1.165) is 23.2 Å². The number of nitro groups is 1. The summed E-state index contributed by atoms with van der Waals surface area (Å²) in [5.41, 5.74) is 2.35. The van der Waals surface area contributed by atoms with E-state index in [1.54, 1.807) is 13.0 Å². The first kappa shape index (κ1) is 17.4. The number of nitrogens with one attached hydrogen (secondary N) is 2. The van der Waals surface area contributed by atoms with Crippen LogP contribution in [-0.4, -0.2) is 20.6 Å². The Labute approximate surface area is 144 Å². The SMILES string of the molecule is CC(=NNc1ccc(C(F)(F)F)cc1[N+](=O)[O-])c1nc2ccccc2[nH]1. The zero-order chi connectivity index (χ0) is 18.9. The molecule has 2 N–H and O–H groups in total. The number of nitrogens with zero attached hydrogens (tertiary/aromatic N) is 3.